The summed E-state index contributed by atoms with van der Waals surface area (Å²) in [5, 5.41) is 11.1. The lowest BCUT2D eigenvalue weighted by atomic mass is 10.00. The highest BCUT2D eigenvalue weighted by Gasteiger charge is 2.08. The average Bonchev–Trinajstić information content (AvgIpc) is 2.47. The minimum absolute atomic E-state index is 0.184. The summed E-state index contributed by atoms with van der Waals surface area (Å²) < 4.78 is 0. The van der Waals surface area contributed by atoms with E-state index in [2.05, 4.69) is 9.97 Å². The molecule has 1 N–H and O–H groups in total. The van der Waals surface area contributed by atoms with E-state index in [0.717, 1.165) is 21.9 Å². The lowest BCUT2D eigenvalue weighted by molar-refractivity contribution is 0.0696. The summed E-state index contributed by atoms with van der Waals surface area (Å²) >= 11 is 0. The molecule has 0 unspecified atom stereocenters. The number of carboxylic acid groups (broad SMARTS) is 1. The topological polar surface area (TPSA) is 63.1 Å². The number of nitrogens with zero attached hydrogens (tertiary/aromatic N) is 2. The molecule has 1 aromatic carbocycles. The molecule has 19 heavy (non-hydrogen) atoms. The molecule has 3 aromatic rings. The second-order valence-corrected chi connectivity index (χ2v) is 4.17. The Bertz CT molecular complexity index is 763. The number of aromatic nitrogens is 2. The highest BCUT2D eigenvalue weighted by molar-refractivity contribution is 5.97. The zero-order valence-electron chi connectivity index (χ0n) is 9.95. The smallest absolute Gasteiger partial charge is 0.337 e. The van der Waals surface area contributed by atoms with Crippen LogP contribution in [0.4, 0.5) is 0 Å². The number of fused-ring (bicyclic) bond motifs is 1. The third-order valence-corrected chi connectivity index (χ3v) is 2.98. The molecule has 0 aliphatic rings. The van der Waals surface area contributed by atoms with Crippen molar-refractivity contribution in [3.63, 3.8) is 0 Å². The van der Waals surface area contributed by atoms with Gasteiger partial charge in [0.15, 0.2) is 0 Å². The van der Waals surface area contributed by atoms with E-state index in [4.69, 9.17) is 5.11 Å². The fourth-order valence-corrected chi connectivity index (χ4v) is 2.08. The lowest BCUT2D eigenvalue weighted by Crippen LogP contribution is -1.97. The van der Waals surface area contributed by atoms with Crippen LogP contribution in [0.5, 0.6) is 0 Å². The molecule has 2 heterocycles. The first-order chi connectivity index (χ1) is 9.25. The molecule has 0 saturated carbocycles. The van der Waals surface area contributed by atoms with Crippen molar-refractivity contribution >= 4 is 16.7 Å². The van der Waals surface area contributed by atoms with E-state index in [1.54, 1.807) is 24.7 Å². The van der Waals surface area contributed by atoms with Crippen molar-refractivity contribution < 1.29 is 9.90 Å². The van der Waals surface area contributed by atoms with Gasteiger partial charge in [-0.15, -0.1) is 0 Å². The van der Waals surface area contributed by atoms with Gasteiger partial charge in [-0.05, 0) is 23.1 Å². The molecule has 0 spiro atoms. The summed E-state index contributed by atoms with van der Waals surface area (Å²) in [6.45, 7) is 0. The molecule has 92 valence electrons. The zero-order valence-corrected chi connectivity index (χ0v) is 9.95. The normalized spacial score (nSPS) is 10.5. The zero-order chi connectivity index (χ0) is 13.2. The van der Waals surface area contributed by atoms with Crippen molar-refractivity contribution in [2.24, 2.45) is 0 Å². The molecule has 0 aliphatic carbocycles. The van der Waals surface area contributed by atoms with Crippen molar-refractivity contribution in [2.45, 2.75) is 0 Å². The molecule has 3 rings (SSSR count). The van der Waals surface area contributed by atoms with Gasteiger partial charge >= 0.3 is 5.97 Å². The molecular weight excluding hydrogens is 240 g/mol. The third kappa shape index (κ3) is 2.04. The first-order valence-corrected chi connectivity index (χ1v) is 5.77. The Labute approximate surface area is 109 Å². The molecule has 0 fully saturated rings. The molecular formula is C15H10N2O2. The van der Waals surface area contributed by atoms with Crippen LogP contribution < -0.4 is 0 Å². The Morgan fingerprint density at radius 2 is 1.95 bits per heavy atom. The van der Waals surface area contributed by atoms with Crippen molar-refractivity contribution in [3.8, 4) is 11.1 Å². The predicted molar refractivity (Wildman–Crippen MR) is 71.9 cm³/mol. The second-order valence-electron chi connectivity index (χ2n) is 4.17. The van der Waals surface area contributed by atoms with Crippen LogP contribution in [0.1, 0.15) is 10.4 Å². The molecule has 0 saturated heterocycles. The number of benzene rings is 1. The van der Waals surface area contributed by atoms with Gasteiger partial charge in [-0.2, -0.15) is 0 Å². The number of pyridine rings is 2. The van der Waals surface area contributed by atoms with Gasteiger partial charge in [-0.3, -0.25) is 9.97 Å². The lowest BCUT2D eigenvalue weighted by Gasteiger charge is -2.06. The molecule has 0 radical (unpaired) electrons. The van der Waals surface area contributed by atoms with E-state index < -0.39 is 5.97 Å². The number of rotatable bonds is 2. The molecule has 4 heteroatoms. The number of hydrogen-bond donors (Lipinski definition) is 1. The third-order valence-electron chi connectivity index (χ3n) is 2.98. The fraction of sp³-hybridized carbons (Fsp3) is 0. The summed E-state index contributed by atoms with van der Waals surface area (Å²) in [6.07, 6.45) is 6.52. The SMILES string of the molecule is O=C(O)c1cncc(-c2cccc3cnccc23)c1. The van der Waals surface area contributed by atoms with Crippen molar-refractivity contribution in [2.75, 3.05) is 0 Å². The molecule has 0 amide bonds. The summed E-state index contributed by atoms with van der Waals surface area (Å²) in [6, 6.07) is 9.39. The maximum Gasteiger partial charge on any atom is 0.337 e. The van der Waals surface area contributed by atoms with Gasteiger partial charge in [0.05, 0.1) is 5.56 Å². The van der Waals surface area contributed by atoms with E-state index >= 15 is 0 Å². The Morgan fingerprint density at radius 1 is 1.05 bits per heavy atom. The molecule has 2 aromatic heterocycles. The Morgan fingerprint density at radius 3 is 2.79 bits per heavy atom. The summed E-state index contributed by atoms with van der Waals surface area (Å²) in [5.41, 5.74) is 1.93. The minimum Gasteiger partial charge on any atom is -0.478 e. The van der Waals surface area contributed by atoms with Gasteiger partial charge in [0, 0.05) is 35.7 Å². The first kappa shape index (κ1) is 11.3. The minimum atomic E-state index is -0.976. The summed E-state index contributed by atoms with van der Waals surface area (Å²) in [5.74, 6) is -0.976. The number of hydrogen-bond acceptors (Lipinski definition) is 3. The number of carbonyl (C=O) groups is 1. The van der Waals surface area contributed by atoms with E-state index in [1.165, 1.54) is 6.20 Å². The Kier molecular flexibility index (Phi) is 2.68. The number of carboxylic acids is 1. The summed E-state index contributed by atoms with van der Waals surface area (Å²) in [7, 11) is 0. The van der Waals surface area contributed by atoms with Crippen LogP contribution in [0.15, 0.2) is 55.1 Å². The van der Waals surface area contributed by atoms with Crippen LogP contribution >= 0.6 is 0 Å². The highest BCUT2D eigenvalue weighted by atomic mass is 16.4. The van der Waals surface area contributed by atoms with Crippen LogP contribution in [0.3, 0.4) is 0 Å². The van der Waals surface area contributed by atoms with Gasteiger partial charge in [-0.25, -0.2) is 4.79 Å². The Hall–Kier alpha value is -2.75. The van der Waals surface area contributed by atoms with Crippen LogP contribution in [0.25, 0.3) is 21.9 Å². The average molecular weight is 250 g/mol. The standard InChI is InChI=1S/C15H10N2O2/c18-15(19)12-6-11(8-17-9-12)13-3-1-2-10-7-16-5-4-14(10)13/h1-9H,(H,18,19). The van der Waals surface area contributed by atoms with E-state index in [0.29, 0.717) is 0 Å². The van der Waals surface area contributed by atoms with E-state index in [9.17, 15) is 4.79 Å². The predicted octanol–water partition coefficient (Wildman–Crippen LogP) is 3.00. The van der Waals surface area contributed by atoms with Crippen molar-refractivity contribution in [1.29, 1.82) is 0 Å². The Balaban J connectivity index is 2.24. The van der Waals surface area contributed by atoms with Gasteiger partial charge in [0.2, 0.25) is 0 Å². The van der Waals surface area contributed by atoms with E-state index in [-0.39, 0.29) is 5.56 Å². The van der Waals surface area contributed by atoms with Crippen molar-refractivity contribution in [1.82, 2.24) is 9.97 Å². The van der Waals surface area contributed by atoms with Gasteiger partial charge in [0.1, 0.15) is 0 Å². The monoisotopic (exact) mass is 250 g/mol. The maximum atomic E-state index is 11.0. The van der Waals surface area contributed by atoms with Crippen molar-refractivity contribution in [3.05, 3.63) is 60.7 Å². The highest BCUT2D eigenvalue weighted by Crippen LogP contribution is 2.27. The van der Waals surface area contributed by atoms with Crippen LogP contribution in [-0.4, -0.2) is 21.0 Å². The quantitative estimate of drug-likeness (QED) is 0.759. The summed E-state index contributed by atoms with van der Waals surface area (Å²) in [4.78, 5) is 19.1. The maximum absolute atomic E-state index is 11.0. The van der Waals surface area contributed by atoms with Gasteiger partial charge in [0.25, 0.3) is 0 Å². The van der Waals surface area contributed by atoms with Crippen LogP contribution in [-0.2, 0) is 0 Å². The van der Waals surface area contributed by atoms with Crippen LogP contribution in [0, 0.1) is 0 Å². The molecule has 4 nitrogen and oxygen atoms in total. The second kappa shape index (κ2) is 4.49. The molecule has 0 bridgehead atoms. The fourth-order valence-electron chi connectivity index (χ4n) is 2.08. The molecule has 0 atom stereocenters. The van der Waals surface area contributed by atoms with E-state index in [1.807, 2.05) is 24.3 Å². The van der Waals surface area contributed by atoms with Crippen LogP contribution in [0.2, 0.25) is 0 Å². The van der Waals surface area contributed by atoms with Gasteiger partial charge < -0.3 is 5.11 Å². The first-order valence-electron chi connectivity index (χ1n) is 5.77. The van der Waals surface area contributed by atoms with Gasteiger partial charge in [-0.1, -0.05) is 18.2 Å². The molecule has 0 aliphatic heterocycles. The largest absolute Gasteiger partial charge is 0.478 e. The number of aromatic carboxylic acids is 1.